The Morgan fingerprint density at radius 1 is 0.750 bits per heavy atom. The van der Waals surface area contributed by atoms with E-state index in [1.165, 1.54) is 12.2 Å². The Hall–Kier alpha value is 0.160. The molecule has 0 fully saturated rings. The highest BCUT2D eigenvalue weighted by atomic mass is 35.6. The fourth-order valence-electron chi connectivity index (χ4n) is 0.670. The number of hydrogen-bond acceptors (Lipinski definition) is 4. The van der Waals surface area contributed by atoms with Crippen molar-refractivity contribution >= 4 is 81.5 Å². The van der Waals surface area contributed by atoms with E-state index in [1.807, 2.05) is 0 Å². The summed E-state index contributed by atoms with van der Waals surface area (Å²) in [7, 11) is 0. The fourth-order valence-corrected chi connectivity index (χ4v) is 0.998. The number of alkyl halides is 6. The Kier molecular flexibility index (Phi) is 9.31. The lowest BCUT2D eigenvalue weighted by Gasteiger charge is -2.09. The Labute approximate surface area is 145 Å². The molecule has 0 aromatic heterocycles. The van der Waals surface area contributed by atoms with Gasteiger partial charge in [-0.15, -0.1) is 0 Å². The van der Waals surface area contributed by atoms with Crippen molar-refractivity contribution in [3.05, 3.63) is 24.3 Å². The molecule has 0 rings (SSSR count). The predicted molar refractivity (Wildman–Crippen MR) is 80.8 cm³/mol. The average Bonchev–Trinajstić information content (AvgIpc) is 2.27. The number of halogens is 6. The van der Waals surface area contributed by atoms with E-state index in [0.29, 0.717) is 0 Å². The number of ether oxygens (including phenoxy) is 2. The van der Waals surface area contributed by atoms with Crippen molar-refractivity contribution in [2.75, 3.05) is 13.2 Å². The summed E-state index contributed by atoms with van der Waals surface area (Å²) in [5.41, 5.74) is 0. The van der Waals surface area contributed by atoms with Crippen LogP contribution < -0.4 is 0 Å². The smallest absolute Gasteiger partial charge is 0.330 e. The third kappa shape index (κ3) is 14.6. The highest BCUT2D eigenvalue weighted by Crippen LogP contribution is 2.26. The lowest BCUT2D eigenvalue weighted by molar-refractivity contribution is -0.138. The monoisotopic (exact) mass is 402 g/mol. The molecule has 0 aromatic carbocycles. The van der Waals surface area contributed by atoms with Crippen molar-refractivity contribution in [3.8, 4) is 0 Å². The van der Waals surface area contributed by atoms with Gasteiger partial charge in [0.1, 0.15) is 13.2 Å². The lowest BCUT2D eigenvalue weighted by atomic mass is 10.4. The minimum absolute atomic E-state index is 0.393. The van der Waals surface area contributed by atoms with Gasteiger partial charge in [-0.05, 0) is 0 Å². The number of carbonyl (C=O) groups is 2. The van der Waals surface area contributed by atoms with Crippen LogP contribution in [0.15, 0.2) is 24.3 Å². The second-order valence-corrected chi connectivity index (χ2v) is 8.20. The summed E-state index contributed by atoms with van der Waals surface area (Å²) in [6.07, 6.45) is 4.51. The SMILES string of the molecule is O=C(/C=C/C=C/C(=O)OCC(Cl)(Cl)Cl)OCC(Cl)(Cl)Cl. The van der Waals surface area contributed by atoms with Crippen molar-refractivity contribution in [2.24, 2.45) is 0 Å². The molecule has 0 saturated carbocycles. The van der Waals surface area contributed by atoms with Gasteiger partial charge >= 0.3 is 11.9 Å². The van der Waals surface area contributed by atoms with Crippen LogP contribution in [0.2, 0.25) is 0 Å². The summed E-state index contributed by atoms with van der Waals surface area (Å²) < 4.78 is 5.80. The molecule has 0 N–H and O–H groups in total. The average molecular weight is 405 g/mol. The van der Waals surface area contributed by atoms with E-state index in [1.54, 1.807) is 0 Å². The van der Waals surface area contributed by atoms with Crippen LogP contribution in [0.1, 0.15) is 0 Å². The van der Waals surface area contributed by atoms with E-state index < -0.39 is 32.7 Å². The van der Waals surface area contributed by atoms with Gasteiger partial charge in [0.15, 0.2) is 0 Å². The van der Waals surface area contributed by atoms with Gasteiger partial charge in [-0.25, -0.2) is 9.59 Å². The summed E-state index contributed by atoms with van der Waals surface area (Å²) in [4.78, 5) is 22.2. The molecule has 0 aliphatic rings. The van der Waals surface area contributed by atoms with Gasteiger partial charge in [-0.2, -0.15) is 0 Å². The van der Waals surface area contributed by atoms with Crippen LogP contribution in [-0.4, -0.2) is 32.7 Å². The van der Waals surface area contributed by atoms with E-state index >= 15 is 0 Å². The molecule has 0 unspecified atom stereocenters. The van der Waals surface area contributed by atoms with Gasteiger partial charge in [0.2, 0.25) is 7.59 Å². The van der Waals surface area contributed by atoms with Gasteiger partial charge in [0, 0.05) is 12.2 Å². The molecule has 0 amide bonds. The van der Waals surface area contributed by atoms with Crippen LogP contribution in [0.4, 0.5) is 0 Å². The van der Waals surface area contributed by atoms with E-state index in [9.17, 15) is 9.59 Å². The standard InChI is InChI=1S/C10H8Cl6O4/c11-9(12,13)5-19-7(17)3-1-2-4-8(18)20-6-10(14,15)16/h1-4H,5-6H2/b3-1+,4-2+. The number of rotatable bonds is 5. The van der Waals surface area contributed by atoms with Crippen LogP contribution >= 0.6 is 69.6 Å². The van der Waals surface area contributed by atoms with Crippen molar-refractivity contribution in [1.29, 1.82) is 0 Å². The second kappa shape index (κ2) is 9.23. The highest BCUT2D eigenvalue weighted by molar-refractivity contribution is 6.68. The van der Waals surface area contributed by atoms with Crippen molar-refractivity contribution in [2.45, 2.75) is 7.59 Å². The number of carbonyl (C=O) groups excluding carboxylic acids is 2. The fraction of sp³-hybridized carbons (Fsp3) is 0.400. The normalized spacial score (nSPS) is 12.9. The first-order valence-electron chi connectivity index (χ1n) is 4.81. The Morgan fingerprint density at radius 3 is 1.30 bits per heavy atom. The Balaban J connectivity index is 4.02. The van der Waals surface area contributed by atoms with Gasteiger partial charge in [0.05, 0.1) is 0 Å². The zero-order chi connectivity index (χ0) is 15.8. The molecule has 0 aliphatic heterocycles. The van der Waals surface area contributed by atoms with Crippen LogP contribution in [0.3, 0.4) is 0 Å². The molecule has 0 bridgehead atoms. The molecular formula is C10H8Cl6O4. The first-order chi connectivity index (χ1) is 8.99. The first kappa shape index (κ1) is 20.2. The van der Waals surface area contributed by atoms with E-state index in [2.05, 4.69) is 9.47 Å². The van der Waals surface area contributed by atoms with Crippen molar-refractivity contribution in [3.63, 3.8) is 0 Å². The summed E-state index contributed by atoms with van der Waals surface area (Å²) in [6.45, 7) is -0.786. The highest BCUT2D eigenvalue weighted by Gasteiger charge is 2.22. The zero-order valence-electron chi connectivity index (χ0n) is 9.62. The summed E-state index contributed by atoms with van der Waals surface area (Å²) >= 11 is 32.2. The minimum atomic E-state index is -1.68. The third-order valence-electron chi connectivity index (χ3n) is 1.33. The molecule has 20 heavy (non-hydrogen) atoms. The lowest BCUT2D eigenvalue weighted by Crippen LogP contribution is -2.16. The molecule has 0 radical (unpaired) electrons. The maximum absolute atomic E-state index is 11.1. The number of allylic oxidation sites excluding steroid dienone is 2. The van der Waals surface area contributed by atoms with Gasteiger partial charge in [-0.1, -0.05) is 81.8 Å². The molecule has 10 heteroatoms. The van der Waals surface area contributed by atoms with E-state index in [-0.39, 0.29) is 0 Å². The van der Waals surface area contributed by atoms with Gasteiger partial charge in [-0.3, -0.25) is 0 Å². The van der Waals surface area contributed by atoms with Gasteiger partial charge in [0.25, 0.3) is 0 Å². The molecule has 0 spiro atoms. The number of hydrogen-bond donors (Lipinski definition) is 0. The van der Waals surface area contributed by atoms with Crippen LogP contribution in [0.25, 0.3) is 0 Å². The van der Waals surface area contributed by atoms with E-state index in [4.69, 9.17) is 69.6 Å². The second-order valence-electron chi connectivity index (χ2n) is 3.16. The molecule has 0 aliphatic carbocycles. The maximum Gasteiger partial charge on any atom is 0.330 e. The molecular weight excluding hydrogens is 397 g/mol. The van der Waals surface area contributed by atoms with Crippen molar-refractivity contribution in [1.82, 2.24) is 0 Å². The number of esters is 2. The molecule has 0 saturated heterocycles. The van der Waals surface area contributed by atoms with Crippen LogP contribution in [-0.2, 0) is 19.1 Å². The van der Waals surface area contributed by atoms with Crippen LogP contribution in [0, 0.1) is 0 Å². The van der Waals surface area contributed by atoms with Crippen LogP contribution in [0.5, 0.6) is 0 Å². The topological polar surface area (TPSA) is 52.6 Å². The summed E-state index contributed by atoms with van der Waals surface area (Å²) in [6, 6.07) is 0. The largest absolute Gasteiger partial charge is 0.458 e. The van der Waals surface area contributed by atoms with Crippen molar-refractivity contribution < 1.29 is 19.1 Å². The Morgan fingerprint density at radius 2 is 1.05 bits per heavy atom. The maximum atomic E-state index is 11.1. The summed E-state index contributed by atoms with van der Waals surface area (Å²) in [5.74, 6) is -1.48. The van der Waals surface area contributed by atoms with E-state index in [0.717, 1.165) is 12.2 Å². The Bertz CT molecular complexity index is 356. The molecule has 0 atom stereocenters. The third-order valence-corrected chi connectivity index (χ3v) is 1.99. The minimum Gasteiger partial charge on any atom is -0.458 e. The molecule has 0 heterocycles. The molecule has 0 aromatic rings. The molecule has 114 valence electrons. The molecule has 4 nitrogen and oxygen atoms in total. The zero-order valence-corrected chi connectivity index (χ0v) is 14.2. The summed E-state index contributed by atoms with van der Waals surface area (Å²) in [5, 5.41) is 0. The quantitative estimate of drug-likeness (QED) is 0.301. The first-order valence-corrected chi connectivity index (χ1v) is 7.08. The van der Waals surface area contributed by atoms with Gasteiger partial charge < -0.3 is 9.47 Å². The predicted octanol–water partition coefficient (Wildman–Crippen LogP) is 3.93.